The van der Waals surface area contributed by atoms with Gasteiger partial charge in [0.1, 0.15) is 0 Å². The molecule has 2 aliphatic carbocycles. The van der Waals surface area contributed by atoms with Crippen LogP contribution in [0.25, 0.3) is 0 Å². The maximum absolute atomic E-state index is 10.7. The topological polar surface area (TPSA) is 34.1 Å². The molecule has 0 saturated carbocycles. The van der Waals surface area contributed by atoms with E-state index in [9.17, 15) is 8.42 Å². The second kappa shape index (κ2) is 3.34. The second-order valence-electron chi connectivity index (χ2n) is 3.25. The van der Waals surface area contributed by atoms with Gasteiger partial charge in [0.15, 0.2) is 0 Å². The van der Waals surface area contributed by atoms with Crippen molar-refractivity contribution in [2.24, 2.45) is 5.92 Å². The van der Waals surface area contributed by atoms with Crippen LogP contribution in [-0.2, 0) is 10.3 Å². The SMILES string of the molecule is O=S(=O)=C1C=CC2CC=CC=C2C1. The fourth-order valence-corrected chi connectivity index (χ4v) is 2.16. The van der Waals surface area contributed by atoms with Gasteiger partial charge < -0.3 is 0 Å². The van der Waals surface area contributed by atoms with E-state index in [1.807, 2.05) is 18.2 Å². The highest BCUT2D eigenvalue weighted by Crippen LogP contribution is 2.28. The van der Waals surface area contributed by atoms with E-state index in [1.54, 1.807) is 6.08 Å². The van der Waals surface area contributed by atoms with Crippen LogP contribution in [0.2, 0.25) is 0 Å². The van der Waals surface area contributed by atoms with Crippen molar-refractivity contribution in [1.82, 2.24) is 0 Å². The molecular formula is C10H10O2S. The quantitative estimate of drug-likeness (QED) is 0.548. The number of hydrogen-bond acceptors (Lipinski definition) is 2. The van der Waals surface area contributed by atoms with E-state index in [0.29, 0.717) is 17.2 Å². The third kappa shape index (κ3) is 1.65. The fourth-order valence-electron chi connectivity index (χ4n) is 1.68. The van der Waals surface area contributed by atoms with E-state index < -0.39 is 10.3 Å². The third-order valence-electron chi connectivity index (χ3n) is 2.42. The summed E-state index contributed by atoms with van der Waals surface area (Å²) in [6.07, 6.45) is 11.4. The van der Waals surface area contributed by atoms with E-state index >= 15 is 0 Å². The zero-order valence-electron chi connectivity index (χ0n) is 7.10. The minimum Gasteiger partial charge on any atom is -0.184 e. The van der Waals surface area contributed by atoms with Crippen molar-refractivity contribution in [3.05, 3.63) is 36.0 Å². The largest absolute Gasteiger partial charge is 0.217 e. The Balaban J connectivity index is 2.42. The first kappa shape index (κ1) is 8.51. The first-order chi connectivity index (χ1) is 6.27. The fraction of sp³-hybridized carbons (Fsp3) is 0.300. The minimum atomic E-state index is -2.05. The summed E-state index contributed by atoms with van der Waals surface area (Å²) in [5, 5.41) is 0. The maximum atomic E-state index is 10.7. The Bertz CT molecular complexity index is 428. The lowest BCUT2D eigenvalue weighted by atomic mass is 9.85. The summed E-state index contributed by atoms with van der Waals surface area (Å²) in [4.78, 5) is 0.498. The molecule has 3 heteroatoms. The molecule has 1 unspecified atom stereocenters. The van der Waals surface area contributed by atoms with Crippen molar-refractivity contribution in [3.8, 4) is 0 Å². The predicted molar refractivity (Wildman–Crippen MR) is 53.0 cm³/mol. The molecule has 13 heavy (non-hydrogen) atoms. The molecule has 0 saturated heterocycles. The number of fused-ring (bicyclic) bond motifs is 1. The van der Waals surface area contributed by atoms with Crippen molar-refractivity contribution in [1.29, 1.82) is 0 Å². The molecule has 0 aromatic rings. The molecule has 0 heterocycles. The molecule has 1 atom stereocenters. The normalized spacial score (nSPS) is 25.4. The van der Waals surface area contributed by atoms with E-state index in [4.69, 9.17) is 0 Å². The van der Waals surface area contributed by atoms with Gasteiger partial charge in [0, 0.05) is 12.3 Å². The van der Waals surface area contributed by atoms with Crippen LogP contribution in [0.5, 0.6) is 0 Å². The highest BCUT2D eigenvalue weighted by molar-refractivity contribution is 7.73. The van der Waals surface area contributed by atoms with Gasteiger partial charge in [-0.05, 0) is 12.5 Å². The Morgan fingerprint density at radius 1 is 1.38 bits per heavy atom. The Hall–Kier alpha value is -1.09. The van der Waals surface area contributed by atoms with E-state index in [1.165, 1.54) is 5.57 Å². The molecule has 0 radical (unpaired) electrons. The lowest BCUT2D eigenvalue weighted by Crippen LogP contribution is -2.13. The second-order valence-corrected chi connectivity index (χ2v) is 4.24. The van der Waals surface area contributed by atoms with Crippen molar-refractivity contribution in [2.45, 2.75) is 12.8 Å². The molecule has 0 aromatic heterocycles. The van der Waals surface area contributed by atoms with Gasteiger partial charge in [-0.3, -0.25) is 0 Å². The maximum Gasteiger partial charge on any atom is 0.217 e. The molecule has 0 spiro atoms. The Morgan fingerprint density at radius 2 is 2.23 bits per heavy atom. The highest BCUT2D eigenvalue weighted by atomic mass is 32.2. The van der Waals surface area contributed by atoms with Crippen LogP contribution in [0, 0.1) is 5.92 Å². The average molecular weight is 194 g/mol. The molecule has 0 amide bonds. The molecule has 0 bridgehead atoms. The van der Waals surface area contributed by atoms with Gasteiger partial charge in [-0.15, -0.1) is 0 Å². The third-order valence-corrected chi connectivity index (χ3v) is 3.13. The summed E-state index contributed by atoms with van der Waals surface area (Å²) in [6, 6.07) is 0. The molecular weight excluding hydrogens is 184 g/mol. The number of rotatable bonds is 0. The van der Waals surface area contributed by atoms with Gasteiger partial charge in [0.2, 0.25) is 10.3 Å². The first-order valence-electron chi connectivity index (χ1n) is 4.26. The zero-order valence-corrected chi connectivity index (χ0v) is 7.92. The first-order valence-corrected chi connectivity index (χ1v) is 5.34. The van der Waals surface area contributed by atoms with E-state index in [2.05, 4.69) is 6.08 Å². The average Bonchev–Trinajstić information content (AvgIpc) is 2.17. The van der Waals surface area contributed by atoms with E-state index in [-0.39, 0.29) is 0 Å². The summed E-state index contributed by atoms with van der Waals surface area (Å²) < 4.78 is 21.4. The molecule has 68 valence electrons. The van der Waals surface area contributed by atoms with Crippen LogP contribution in [0.4, 0.5) is 0 Å². The summed E-state index contributed by atoms with van der Waals surface area (Å²) in [6.45, 7) is 0. The van der Waals surface area contributed by atoms with Gasteiger partial charge >= 0.3 is 0 Å². The minimum absolute atomic E-state index is 0.428. The molecule has 2 rings (SSSR count). The van der Waals surface area contributed by atoms with Crippen LogP contribution in [0.15, 0.2) is 36.0 Å². The van der Waals surface area contributed by atoms with Crippen LogP contribution in [0.1, 0.15) is 12.8 Å². The number of hydrogen-bond donors (Lipinski definition) is 0. The Morgan fingerprint density at radius 3 is 3.00 bits per heavy atom. The molecule has 0 N–H and O–H groups in total. The molecule has 2 nitrogen and oxygen atoms in total. The zero-order chi connectivity index (χ0) is 9.26. The Kier molecular flexibility index (Phi) is 2.19. The van der Waals surface area contributed by atoms with Crippen LogP contribution < -0.4 is 0 Å². The van der Waals surface area contributed by atoms with Gasteiger partial charge in [0.25, 0.3) is 0 Å². The standard InChI is InChI=1S/C10H10O2S/c11-13(12)10-6-5-8-3-1-2-4-9(8)7-10/h1-2,4-6,8H,3,7H2. The molecule has 0 aromatic carbocycles. The van der Waals surface area contributed by atoms with E-state index in [0.717, 1.165) is 6.42 Å². The molecule has 0 fully saturated rings. The summed E-state index contributed by atoms with van der Waals surface area (Å²) in [7, 11) is -2.05. The van der Waals surface area contributed by atoms with Crippen LogP contribution in [-0.4, -0.2) is 13.3 Å². The monoisotopic (exact) mass is 194 g/mol. The van der Waals surface area contributed by atoms with Crippen molar-refractivity contribution < 1.29 is 8.42 Å². The van der Waals surface area contributed by atoms with Gasteiger partial charge in [0.05, 0.1) is 4.86 Å². The number of allylic oxidation sites excluding steroid dienone is 6. The molecule has 0 aliphatic heterocycles. The lowest BCUT2D eigenvalue weighted by Gasteiger charge is -2.21. The van der Waals surface area contributed by atoms with Crippen LogP contribution >= 0.6 is 0 Å². The smallest absolute Gasteiger partial charge is 0.184 e. The predicted octanol–water partition coefficient (Wildman–Crippen LogP) is 1.50. The Labute approximate surface area is 78.8 Å². The van der Waals surface area contributed by atoms with Crippen LogP contribution in [0.3, 0.4) is 0 Å². The van der Waals surface area contributed by atoms with Gasteiger partial charge in [-0.2, -0.15) is 8.42 Å². The van der Waals surface area contributed by atoms with Crippen molar-refractivity contribution in [3.63, 3.8) is 0 Å². The highest BCUT2D eigenvalue weighted by Gasteiger charge is 2.18. The van der Waals surface area contributed by atoms with Crippen molar-refractivity contribution >= 4 is 15.2 Å². The van der Waals surface area contributed by atoms with Crippen molar-refractivity contribution in [2.75, 3.05) is 0 Å². The lowest BCUT2D eigenvalue weighted by molar-refractivity contribution is 0.626. The summed E-state index contributed by atoms with van der Waals surface area (Å²) >= 11 is 0. The molecule has 2 aliphatic rings. The van der Waals surface area contributed by atoms with Gasteiger partial charge in [-0.1, -0.05) is 29.9 Å². The summed E-state index contributed by atoms with van der Waals surface area (Å²) in [5.41, 5.74) is 1.21. The van der Waals surface area contributed by atoms with Gasteiger partial charge in [-0.25, -0.2) is 0 Å². The summed E-state index contributed by atoms with van der Waals surface area (Å²) in [5.74, 6) is 0.428.